The minimum absolute atomic E-state index is 0.260. The first kappa shape index (κ1) is 11.7. The number of nitrogens with zero attached hydrogens (tertiary/aromatic N) is 1. The molecule has 4 nitrogen and oxygen atoms in total. The van der Waals surface area contributed by atoms with Crippen molar-refractivity contribution < 1.29 is 5.11 Å². The Kier molecular flexibility index (Phi) is 3.77. The summed E-state index contributed by atoms with van der Waals surface area (Å²) in [5.74, 6) is 1.07. The van der Waals surface area contributed by atoms with Crippen LogP contribution in [0.15, 0.2) is 30.5 Å². The Morgan fingerprint density at radius 2 is 2.12 bits per heavy atom. The zero-order chi connectivity index (χ0) is 12.1. The van der Waals surface area contributed by atoms with Crippen molar-refractivity contribution in [3.63, 3.8) is 0 Å². The van der Waals surface area contributed by atoms with Gasteiger partial charge in [-0.1, -0.05) is 6.07 Å². The molecule has 0 atom stereocenters. The molecule has 0 spiro atoms. The highest BCUT2D eigenvalue weighted by atomic mass is 16.3. The molecule has 0 bridgehead atoms. The van der Waals surface area contributed by atoms with E-state index in [1.807, 2.05) is 12.1 Å². The van der Waals surface area contributed by atoms with Crippen LogP contribution in [0.25, 0.3) is 10.8 Å². The number of fused-ring (bicyclic) bond motifs is 1. The van der Waals surface area contributed by atoms with Crippen LogP contribution in [0.5, 0.6) is 5.75 Å². The second-order valence-electron chi connectivity index (χ2n) is 3.99. The topological polar surface area (TPSA) is 71.2 Å². The fourth-order valence-electron chi connectivity index (χ4n) is 1.77. The molecule has 0 aliphatic rings. The number of phenolic OH excluding ortho intramolecular Hbond substituents is 1. The number of phenols is 1. The number of aromatic hydroxyl groups is 1. The van der Waals surface area contributed by atoms with Crippen molar-refractivity contribution in [1.29, 1.82) is 0 Å². The Balaban J connectivity index is 2.18. The number of hydrogen-bond acceptors (Lipinski definition) is 4. The van der Waals surface area contributed by atoms with E-state index in [2.05, 4.69) is 10.3 Å². The van der Waals surface area contributed by atoms with E-state index in [0.29, 0.717) is 6.54 Å². The van der Waals surface area contributed by atoms with Crippen molar-refractivity contribution in [3.05, 3.63) is 30.5 Å². The normalized spacial score (nSPS) is 10.6. The third-order valence-electron chi connectivity index (χ3n) is 2.67. The number of aromatic nitrogens is 1. The summed E-state index contributed by atoms with van der Waals surface area (Å²) in [6.07, 6.45) is 3.79. The van der Waals surface area contributed by atoms with Crippen LogP contribution in [0.1, 0.15) is 12.8 Å². The van der Waals surface area contributed by atoms with Gasteiger partial charge in [-0.3, -0.25) is 0 Å². The molecule has 0 radical (unpaired) electrons. The van der Waals surface area contributed by atoms with Gasteiger partial charge in [-0.25, -0.2) is 4.98 Å². The van der Waals surface area contributed by atoms with E-state index < -0.39 is 0 Å². The van der Waals surface area contributed by atoms with Crippen molar-refractivity contribution in [1.82, 2.24) is 4.98 Å². The predicted octanol–water partition coefficient (Wildman–Crippen LogP) is 2.09. The summed E-state index contributed by atoms with van der Waals surface area (Å²) in [4.78, 5) is 4.29. The Hall–Kier alpha value is -1.81. The van der Waals surface area contributed by atoms with Gasteiger partial charge in [0.1, 0.15) is 11.6 Å². The molecule has 1 heterocycles. The molecule has 90 valence electrons. The molecule has 2 rings (SSSR count). The van der Waals surface area contributed by atoms with Gasteiger partial charge in [0.25, 0.3) is 0 Å². The second kappa shape index (κ2) is 5.50. The summed E-state index contributed by atoms with van der Waals surface area (Å²) in [5, 5.41) is 14.8. The van der Waals surface area contributed by atoms with E-state index in [1.165, 1.54) is 0 Å². The first-order valence-corrected chi connectivity index (χ1v) is 5.83. The fraction of sp³-hybridized carbons (Fsp3) is 0.308. The maximum atomic E-state index is 9.49. The van der Waals surface area contributed by atoms with Gasteiger partial charge in [-0.2, -0.15) is 0 Å². The molecule has 0 amide bonds. The first-order chi connectivity index (χ1) is 8.31. The highest BCUT2D eigenvalue weighted by Crippen LogP contribution is 2.24. The van der Waals surface area contributed by atoms with Crippen LogP contribution in [-0.2, 0) is 0 Å². The molecule has 0 saturated carbocycles. The number of pyridine rings is 1. The van der Waals surface area contributed by atoms with Crippen molar-refractivity contribution >= 4 is 16.6 Å². The molecule has 1 aromatic heterocycles. The fourth-order valence-corrected chi connectivity index (χ4v) is 1.77. The molecule has 1 aromatic carbocycles. The number of nitrogens with one attached hydrogen (secondary N) is 1. The Bertz CT molecular complexity index is 499. The number of hydrogen-bond donors (Lipinski definition) is 3. The van der Waals surface area contributed by atoms with E-state index in [1.54, 1.807) is 18.3 Å². The molecule has 4 heteroatoms. The van der Waals surface area contributed by atoms with Crippen molar-refractivity contribution in [2.75, 3.05) is 18.4 Å². The monoisotopic (exact) mass is 231 g/mol. The first-order valence-electron chi connectivity index (χ1n) is 5.83. The average Bonchev–Trinajstić information content (AvgIpc) is 2.35. The molecule has 4 N–H and O–H groups in total. The average molecular weight is 231 g/mol. The Labute approximate surface area is 100 Å². The number of benzene rings is 1. The quantitative estimate of drug-likeness (QED) is 0.689. The van der Waals surface area contributed by atoms with Crippen LogP contribution in [0.2, 0.25) is 0 Å². The third kappa shape index (κ3) is 2.85. The minimum Gasteiger partial charge on any atom is -0.508 e. The lowest BCUT2D eigenvalue weighted by Crippen LogP contribution is -2.06. The van der Waals surface area contributed by atoms with Gasteiger partial charge in [-0.15, -0.1) is 0 Å². The molecule has 0 unspecified atom stereocenters. The molecule has 0 aliphatic heterocycles. The van der Waals surface area contributed by atoms with E-state index >= 15 is 0 Å². The number of anilines is 1. The highest BCUT2D eigenvalue weighted by Gasteiger charge is 2.02. The molecule has 0 fully saturated rings. The van der Waals surface area contributed by atoms with E-state index in [-0.39, 0.29) is 5.75 Å². The zero-order valence-electron chi connectivity index (χ0n) is 9.69. The lowest BCUT2D eigenvalue weighted by Gasteiger charge is -2.08. The lowest BCUT2D eigenvalue weighted by molar-refractivity contribution is 0.476. The Morgan fingerprint density at radius 1 is 1.24 bits per heavy atom. The van der Waals surface area contributed by atoms with Crippen LogP contribution in [0.4, 0.5) is 5.82 Å². The highest BCUT2D eigenvalue weighted by molar-refractivity contribution is 5.92. The minimum atomic E-state index is 0.260. The number of rotatable bonds is 5. The molecular weight excluding hydrogens is 214 g/mol. The van der Waals surface area contributed by atoms with Crippen LogP contribution < -0.4 is 11.1 Å². The van der Waals surface area contributed by atoms with Crippen LogP contribution in [-0.4, -0.2) is 23.2 Å². The van der Waals surface area contributed by atoms with Crippen molar-refractivity contribution in [3.8, 4) is 5.75 Å². The van der Waals surface area contributed by atoms with E-state index in [4.69, 9.17) is 5.73 Å². The molecular formula is C13H17N3O. The Morgan fingerprint density at radius 3 is 2.94 bits per heavy atom. The van der Waals surface area contributed by atoms with Gasteiger partial charge >= 0.3 is 0 Å². The van der Waals surface area contributed by atoms with Gasteiger partial charge in [-0.05, 0) is 43.0 Å². The molecule has 2 aromatic rings. The SMILES string of the molecule is NCCCCNc1nccc2ccc(O)cc12. The zero-order valence-corrected chi connectivity index (χ0v) is 9.69. The number of unbranched alkanes of at least 4 members (excludes halogenated alkanes) is 1. The lowest BCUT2D eigenvalue weighted by atomic mass is 10.1. The van der Waals surface area contributed by atoms with Gasteiger partial charge in [0.2, 0.25) is 0 Å². The number of nitrogens with two attached hydrogens (primary N) is 1. The van der Waals surface area contributed by atoms with Crippen molar-refractivity contribution in [2.24, 2.45) is 5.73 Å². The van der Waals surface area contributed by atoms with Crippen LogP contribution >= 0.6 is 0 Å². The van der Waals surface area contributed by atoms with Crippen LogP contribution in [0, 0.1) is 0 Å². The van der Waals surface area contributed by atoms with Gasteiger partial charge < -0.3 is 16.2 Å². The van der Waals surface area contributed by atoms with E-state index in [0.717, 1.165) is 36.0 Å². The summed E-state index contributed by atoms with van der Waals surface area (Å²) >= 11 is 0. The summed E-state index contributed by atoms with van der Waals surface area (Å²) in [6, 6.07) is 7.23. The third-order valence-corrected chi connectivity index (χ3v) is 2.67. The maximum absolute atomic E-state index is 9.49. The maximum Gasteiger partial charge on any atom is 0.133 e. The second-order valence-corrected chi connectivity index (χ2v) is 3.99. The largest absolute Gasteiger partial charge is 0.508 e. The van der Waals surface area contributed by atoms with Crippen molar-refractivity contribution in [2.45, 2.75) is 12.8 Å². The smallest absolute Gasteiger partial charge is 0.133 e. The van der Waals surface area contributed by atoms with Gasteiger partial charge in [0, 0.05) is 18.1 Å². The molecule has 0 aliphatic carbocycles. The summed E-state index contributed by atoms with van der Waals surface area (Å²) in [7, 11) is 0. The molecule has 0 saturated heterocycles. The van der Waals surface area contributed by atoms with Gasteiger partial charge in [0.15, 0.2) is 0 Å². The van der Waals surface area contributed by atoms with E-state index in [9.17, 15) is 5.11 Å². The molecule has 17 heavy (non-hydrogen) atoms. The summed E-state index contributed by atoms with van der Waals surface area (Å²) in [6.45, 7) is 1.56. The predicted molar refractivity (Wildman–Crippen MR) is 70.2 cm³/mol. The summed E-state index contributed by atoms with van der Waals surface area (Å²) < 4.78 is 0. The standard InChI is InChI=1S/C13H17N3O/c14-6-1-2-7-15-13-12-9-11(17)4-3-10(12)5-8-16-13/h3-5,8-9,17H,1-2,6-7,14H2,(H,15,16). The summed E-state index contributed by atoms with van der Waals surface area (Å²) in [5.41, 5.74) is 5.44. The van der Waals surface area contributed by atoms with Crippen LogP contribution in [0.3, 0.4) is 0 Å². The van der Waals surface area contributed by atoms with Gasteiger partial charge in [0.05, 0.1) is 0 Å².